The number of allylic oxidation sites excluding steroid dienone is 2. The topological polar surface area (TPSA) is 51.5 Å². The van der Waals surface area contributed by atoms with Crippen molar-refractivity contribution in [3.8, 4) is 5.75 Å². The van der Waals surface area contributed by atoms with Gasteiger partial charge in [-0.3, -0.25) is 4.79 Å². The molecule has 3 atom stereocenters. The minimum Gasteiger partial charge on any atom is -0.496 e. The molecule has 4 nitrogen and oxygen atoms in total. The fourth-order valence-corrected chi connectivity index (χ4v) is 5.59. The number of thioether (sulfide) groups is 1. The van der Waals surface area contributed by atoms with Crippen LogP contribution >= 0.6 is 11.8 Å². The molecule has 2 aliphatic rings. The highest BCUT2D eigenvalue weighted by atomic mass is 32.2. The summed E-state index contributed by atoms with van der Waals surface area (Å²) in [5.74, 6) is 1.56. The van der Waals surface area contributed by atoms with E-state index in [-0.39, 0.29) is 22.9 Å². The van der Waals surface area contributed by atoms with Gasteiger partial charge in [-0.25, -0.2) is 0 Å². The minimum atomic E-state index is -0.274. The third kappa shape index (κ3) is 3.25. The van der Waals surface area contributed by atoms with Crippen LogP contribution in [0.5, 0.6) is 5.75 Å². The number of ketones is 1. The Kier molecular flexibility index (Phi) is 4.68. The second-order valence-electron chi connectivity index (χ2n) is 7.29. The molecule has 29 heavy (non-hydrogen) atoms. The number of fused-ring (bicyclic) bond motifs is 2. The summed E-state index contributed by atoms with van der Waals surface area (Å²) >= 11 is 1.69. The lowest BCUT2D eigenvalue weighted by atomic mass is 9.79. The maximum absolute atomic E-state index is 13.4. The van der Waals surface area contributed by atoms with Crippen LogP contribution < -0.4 is 10.1 Å². The second-order valence-corrected chi connectivity index (χ2v) is 8.48. The van der Waals surface area contributed by atoms with Gasteiger partial charge >= 0.3 is 0 Å². The van der Waals surface area contributed by atoms with Gasteiger partial charge in [0.2, 0.25) is 0 Å². The molecule has 1 aromatic heterocycles. The maximum atomic E-state index is 13.4. The van der Waals surface area contributed by atoms with E-state index in [1.807, 2.05) is 48.5 Å². The van der Waals surface area contributed by atoms with E-state index in [4.69, 9.17) is 9.15 Å². The average Bonchev–Trinajstić information content (AvgIpc) is 3.22. The van der Waals surface area contributed by atoms with Gasteiger partial charge in [0.05, 0.1) is 30.2 Å². The van der Waals surface area contributed by atoms with Crippen molar-refractivity contribution in [2.45, 2.75) is 22.5 Å². The number of methoxy groups -OCH3 is 1. The van der Waals surface area contributed by atoms with Crippen molar-refractivity contribution < 1.29 is 13.9 Å². The number of para-hydroxylation sites is 2. The van der Waals surface area contributed by atoms with E-state index in [1.54, 1.807) is 25.1 Å². The summed E-state index contributed by atoms with van der Waals surface area (Å²) in [5, 5.41) is 3.46. The summed E-state index contributed by atoms with van der Waals surface area (Å²) in [5.41, 5.74) is 3.00. The molecule has 1 aliphatic heterocycles. The van der Waals surface area contributed by atoms with Gasteiger partial charge in [0, 0.05) is 28.5 Å². The first kappa shape index (κ1) is 18.1. The van der Waals surface area contributed by atoms with Gasteiger partial charge in [-0.15, -0.1) is 11.8 Å². The van der Waals surface area contributed by atoms with Crippen molar-refractivity contribution in [2.24, 2.45) is 5.92 Å². The predicted octanol–water partition coefficient (Wildman–Crippen LogP) is 5.80. The molecular formula is C24H21NO3S. The van der Waals surface area contributed by atoms with Crippen LogP contribution in [0.15, 0.2) is 88.0 Å². The molecule has 2 aromatic carbocycles. The number of hydrogen-bond donors (Lipinski definition) is 1. The Balaban J connectivity index is 1.63. The average molecular weight is 404 g/mol. The van der Waals surface area contributed by atoms with E-state index >= 15 is 0 Å². The van der Waals surface area contributed by atoms with E-state index in [0.29, 0.717) is 6.42 Å². The van der Waals surface area contributed by atoms with Crippen LogP contribution in [0, 0.1) is 5.92 Å². The fourth-order valence-electron chi connectivity index (χ4n) is 4.23. The molecule has 0 saturated heterocycles. The van der Waals surface area contributed by atoms with Gasteiger partial charge in [0.25, 0.3) is 0 Å². The van der Waals surface area contributed by atoms with E-state index in [2.05, 4.69) is 23.5 Å². The molecule has 146 valence electrons. The van der Waals surface area contributed by atoms with Crippen LogP contribution in [-0.2, 0) is 4.79 Å². The number of furan rings is 1. The van der Waals surface area contributed by atoms with Crippen LogP contribution in [-0.4, -0.2) is 12.9 Å². The highest BCUT2D eigenvalue weighted by molar-refractivity contribution is 7.99. The SMILES string of the molecule is COc1ccccc1[C@@H]1C=C2Nc3ccccc3S[C@@H](c3ccco3)[C@@H]2C(=O)C1. The Hall–Kier alpha value is -2.92. The van der Waals surface area contributed by atoms with Gasteiger partial charge in [0.15, 0.2) is 0 Å². The number of hydrogen-bond acceptors (Lipinski definition) is 5. The van der Waals surface area contributed by atoms with Crippen LogP contribution in [0.1, 0.15) is 28.9 Å². The number of ether oxygens (including phenoxy) is 1. The number of benzene rings is 2. The summed E-state index contributed by atoms with van der Waals surface area (Å²) in [6.45, 7) is 0. The zero-order chi connectivity index (χ0) is 19.8. The van der Waals surface area contributed by atoms with Crippen LogP contribution in [0.2, 0.25) is 0 Å². The standard InChI is InChI=1S/C24H21NO3S/c1-27-20-9-4-2-7-16(20)15-13-18-23(19(26)14-15)24(21-10-6-12-28-21)29-22-11-5-3-8-17(22)25-18/h2-13,15,23-25H,14H2,1H3/t15-,23+,24+/m1/s1. The molecular weight excluding hydrogens is 382 g/mol. The van der Waals surface area contributed by atoms with Crippen molar-refractivity contribution in [3.05, 3.63) is 90.0 Å². The number of carbonyl (C=O) groups excluding carboxylic acids is 1. The molecule has 3 aromatic rings. The zero-order valence-electron chi connectivity index (χ0n) is 16.0. The largest absolute Gasteiger partial charge is 0.496 e. The van der Waals surface area contributed by atoms with Gasteiger partial charge in [-0.05, 0) is 30.3 Å². The van der Waals surface area contributed by atoms with E-state index in [9.17, 15) is 4.79 Å². The molecule has 0 unspecified atom stereocenters. The van der Waals surface area contributed by atoms with Crippen LogP contribution in [0.3, 0.4) is 0 Å². The van der Waals surface area contributed by atoms with Crippen molar-refractivity contribution >= 4 is 23.2 Å². The molecule has 0 amide bonds. The highest BCUT2D eigenvalue weighted by Crippen LogP contribution is 2.52. The predicted molar refractivity (Wildman–Crippen MR) is 114 cm³/mol. The first-order valence-electron chi connectivity index (χ1n) is 9.68. The lowest BCUT2D eigenvalue weighted by Gasteiger charge is -2.31. The molecule has 0 saturated carbocycles. The molecule has 1 N–H and O–H groups in total. The summed E-state index contributed by atoms with van der Waals surface area (Å²) in [6, 6.07) is 19.9. The Morgan fingerprint density at radius 3 is 2.72 bits per heavy atom. The summed E-state index contributed by atoms with van der Waals surface area (Å²) in [7, 11) is 1.67. The van der Waals surface area contributed by atoms with Crippen molar-refractivity contribution in [3.63, 3.8) is 0 Å². The summed E-state index contributed by atoms with van der Waals surface area (Å²) in [4.78, 5) is 14.6. The smallest absolute Gasteiger partial charge is 0.144 e. The number of Topliss-reactive ketones (excluding diaryl/α,β-unsaturated/α-hetero) is 1. The lowest BCUT2D eigenvalue weighted by Crippen LogP contribution is -2.30. The van der Waals surface area contributed by atoms with Gasteiger partial charge in [-0.2, -0.15) is 0 Å². The Labute approximate surface area is 174 Å². The van der Waals surface area contributed by atoms with E-state index in [1.165, 1.54) is 0 Å². The quantitative estimate of drug-likeness (QED) is 0.599. The Morgan fingerprint density at radius 1 is 1.07 bits per heavy atom. The number of nitrogens with one attached hydrogen (secondary N) is 1. The molecule has 1 aliphatic carbocycles. The van der Waals surface area contributed by atoms with Gasteiger partial charge < -0.3 is 14.5 Å². The highest BCUT2D eigenvalue weighted by Gasteiger charge is 2.41. The molecule has 5 heteroatoms. The summed E-state index contributed by atoms with van der Waals surface area (Å²) < 4.78 is 11.3. The normalized spacial score (nSPS) is 23.3. The number of rotatable bonds is 3. The first-order valence-corrected chi connectivity index (χ1v) is 10.6. The van der Waals surface area contributed by atoms with Gasteiger partial charge in [0.1, 0.15) is 17.3 Å². The third-order valence-corrected chi connectivity index (χ3v) is 6.94. The van der Waals surface area contributed by atoms with Crippen molar-refractivity contribution in [1.82, 2.24) is 0 Å². The second kappa shape index (κ2) is 7.48. The molecule has 0 spiro atoms. The molecule has 2 heterocycles. The third-order valence-electron chi connectivity index (χ3n) is 5.57. The Bertz CT molecular complexity index is 1070. The number of carbonyl (C=O) groups is 1. The van der Waals surface area contributed by atoms with Crippen molar-refractivity contribution in [2.75, 3.05) is 12.4 Å². The molecule has 0 radical (unpaired) electrons. The fraction of sp³-hybridized carbons (Fsp3) is 0.208. The van der Waals surface area contributed by atoms with Gasteiger partial charge in [-0.1, -0.05) is 36.4 Å². The molecule has 0 fully saturated rings. The number of anilines is 1. The van der Waals surface area contributed by atoms with Crippen LogP contribution in [0.4, 0.5) is 5.69 Å². The van der Waals surface area contributed by atoms with Crippen molar-refractivity contribution in [1.29, 1.82) is 0 Å². The monoisotopic (exact) mass is 403 g/mol. The zero-order valence-corrected chi connectivity index (χ0v) is 16.8. The maximum Gasteiger partial charge on any atom is 0.144 e. The Morgan fingerprint density at radius 2 is 1.90 bits per heavy atom. The molecule has 5 rings (SSSR count). The van der Waals surface area contributed by atoms with E-state index < -0.39 is 0 Å². The molecule has 0 bridgehead atoms. The minimum absolute atomic E-state index is 0.0232. The van der Waals surface area contributed by atoms with Crippen LogP contribution in [0.25, 0.3) is 0 Å². The first-order chi connectivity index (χ1) is 14.2. The summed E-state index contributed by atoms with van der Waals surface area (Å²) in [6.07, 6.45) is 4.32. The van der Waals surface area contributed by atoms with E-state index in [0.717, 1.165) is 33.4 Å². The lowest BCUT2D eigenvalue weighted by molar-refractivity contribution is -0.122.